The van der Waals surface area contributed by atoms with E-state index >= 15 is 0 Å². The lowest BCUT2D eigenvalue weighted by Crippen LogP contribution is -2.49. The highest BCUT2D eigenvalue weighted by Gasteiger charge is 2.60. The number of epoxide rings is 1. The lowest BCUT2D eigenvalue weighted by atomic mass is 9.63. The van der Waals surface area contributed by atoms with Gasteiger partial charge in [-0.15, -0.1) is 0 Å². The fraction of sp³-hybridized carbons (Fsp3) is 0.833. The molecule has 4 heteroatoms. The molecule has 22 heavy (non-hydrogen) atoms. The van der Waals surface area contributed by atoms with Gasteiger partial charge in [-0.3, -0.25) is 4.79 Å². The molecular weight excluding hydrogens is 292 g/mol. The molecule has 0 amide bonds. The molecule has 0 radical (unpaired) electrons. The van der Waals surface area contributed by atoms with Crippen LogP contribution in [0.1, 0.15) is 48.0 Å². The minimum absolute atomic E-state index is 0.192. The number of hydrogen-bond acceptors (Lipinski definition) is 3. The van der Waals surface area contributed by atoms with Crippen LogP contribution in [-0.4, -0.2) is 32.9 Å². The highest BCUT2D eigenvalue weighted by Crippen LogP contribution is 2.51. The topological polar surface area (TPSA) is 38.8 Å². The molecule has 2 atom stereocenters. The molecule has 2 rings (SSSR count). The van der Waals surface area contributed by atoms with Gasteiger partial charge in [-0.2, -0.15) is 0 Å². The summed E-state index contributed by atoms with van der Waals surface area (Å²) >= 11 is 0. The monoisotopic (exact) mass is 324 g/mol. The molecule has 0 aromatic heterocycles. The zero-order chi connectivity index (χ0) is 17.0. The summed E-state index contributed by atoms with van der Waals surface area (Å²) < 4.78 is 12.3. The normalized spacial score (nSPS) is 31.9. The van der Waals surface area contributed by atoms with Crippen LogP contribution in [0.25, 0.3) is 0 Å². The number of ether oxygens (including phenoxy) is 1. The SMILES string of the molecule is CC1=CC[C@@H]([C@]2(CO[Si](C)(C)C(C)(C)C)CO2)C(C)(C)C1=O. The predicted molar refractivity (Wildman–Crippen MR) is 92.5 cm³/mol. The zero-order valence-electron chi connectivity index (χ0n) is 15.5. The predicted octanol–water partition coefficient (Wildman–Crippen LogP) is 4.34. The number of carbonyl (C=O) groups excluding carboxylic acids is 1. The third kappa shape index (κ3) is 2.97. The van der Waals surface area contributed by atoms with E-state index in [4.69, 9.17) is 9.16 Å². The molecule has 0 N–H and O–H groups in total. The molecule has 126 valence electrons. The molecule has 3 nitrogen and oxygen atoms in total. The van der Waals surface area contributed by atoms with Crippen molar-refractivity contribution in [2.45, 2.75) is 71.7 Å². The molecule has 1 heterocycles. The van der Waals surface area contributed by atoms with E-state index in [0.717, 1.165) is 18.6 Å². The van der Waals surface area contributed by atoms with Crippen molar-refractivity contribution in [2.75, 3.05) is 13.2 Å². The van der Waals surface area contributed by atoms with Gasteiger partial charge in [-0.25, -0.2) is 0 Å². The van der Waals surface area contributed by atoms with Crippen LogP contribution >= 0.6 is 0 Å². The fourth-order valence-electron chi connectivity index (χ4n) is 3.22. The molecule has 1 fully saturated rings. The number of ketones is 1. The van der Waals surface area contributed by atoms with E-state index in [-0.39, 0.29) is 27.8 Å². The Balaban J connectivity index is 2.14. The first-order valence-corrected chi connectivity index (χ1v) is 11.2. The highest BCUT2D eigenvalue weighted by atomic mass is 28.4. The molecule has 0 spiro atoms. The van der Waals surface area contributed by atoms with Gasteiger partial charge < -0.3 is 9.16 Å². The van der Waals surface area contributed by atoms with E-state index in [1.54, 1.807) is 0 Å². The van der Waals surface area contributed by atoms with Gasteiger partial charge in [0, 0.05) is 11.3 Å². The summed E-state index contributed by atoms with van der Waals surface area (Å²) in [5, 5.41) is 0.192. The first-order chi connectivity index (χ1) is 9.83. The van der Waals surface area contributed by atoms with Crippen LogP contribution in [-0.2, 0) is 14.0 Å². The fourth-order valence-corrected chi connectivity index (χ4v) is 4.26. The van der Waals surface area contributed by atoms with Crippen LogP contribution in [0, 0.1) is 11.3 Å². The van der Waals surface area contributed by atoms with Crippen LogP contribution in [0.3, 0.4) is 0 Å². The first kappa shape index (κ1) is 17.9. The van der Waals surface area contributed by atoms with Gasteiger partial charge >= 0.3 is 0 Å². The summed E-state index contributed by atoms with van der Waals surface area (Å²) in [6, 6.07) is 0. The summed E-state index contributed by atoms with van der Waals surface area (Å²) in [6.07, 6.45) is 2.99. The maximum Gasteiger partial charge on any atom is 0.192 e. The van der Waals surface area contributed by atoms with Crippen LogP contribution in [0.15, 0.2) is 11.6 Å². The first-order valence-electron chi connectivity index (χ1n) is 8.33. The maximum atomic E-state index is 12.5. The quantitative estimate of drug-likeness (QED) is 0.570. The lowest BCUT2D eigenvalue weighted by molar-refractivity contribution is -0.129. The standard InChI is InChI=1S/C18H32O3Si/c1-13-9-10-14(17(5,6)15(13)19)18(11-20-18)12-21-22(7,8)16(2,3)4/h9,14H,10-12H2,1-8H3/t14-,18-/m1/s1. The summed E-state index contributed by atoms with van der Waals surface area (Å²) in [7, 11) is -1.80. The minimum atomic E-state index is -1.80. The van der Waals surface area contributed by atoms with Gasteiger partial charge in [0.1, 0.15) is 5.60 Å². The van der Waals surface area contributed by atoms with Gasteiger partial charge in [0.15, 0.2) is 14.1 Å². The minimum Gasteiger partial charge on any atom is -0.414 e. The van der Waals surface area contributed by atoms with Crippen molar-refractivity contribution in [3.05, 3.63) is 11.6 Å². The van der Waals surface area contributed by atoms with Crippen molar-refractivity contribution in [3.63, 3.8) is 0 Å². The van der Waals surface area contributed by atoms with Crippen LogP contribution in [0.5, 0.6) is 0 Å². The smallest absolute Gasteiger partial charge is 0.192 e. The average Bonchev–Trinajstić information content (AvgIpc) is 3.13. The molecule has 0 saturated carbocycles. The molecule has 0 aromatic carbocycles. The van der Waals surface area contributed by atoms with Crippen molar-refractivity contribution < 1.29 is 14.0 Å². The second-order valence-corrected chi connectivity index (χ2v) is 13.9. The van der Waals surface area contributed by atoms with E-state index in [2.05, 4.69) is 53.8 Å². The molecule has 0 unspecified atom stereocenters. The van der Waals surface area contributed by atoms with Crippen molar-refractivity contribution in [1.82, 2.24) is 0 Å². The Morgan fingerprint density at radius 2 is 1.91 bits per heavy atom. The summed E-state index contributed by atoms with van der Waals surface area (Å²) in [5.74, 6) is 0.465. The zero-order valence-corrected chi connectivity index (χ0v) is 16.5. The van der Waals surface area contributed by atoms with E-state index in [9.17, 15) is 4.79 Å². The molecule has 0 bridgehead atoms. The number of hydrogen-bond donors (Lipinski definition) is 0. The van der Waals surface area contributed by atoms with Gasteiger partial charge in [0.25, 0.3) is 0 Å². The second kappa shape index (κ2) is 5.28. The van der Waals surface area contributed by atoms with Gasteiger partial charge in [0.2, 0.25) is 0 Å². The average molecular weight is 325 g/mol. The van der Waals surface area contributed by atoms with Gasteiger partial charge in [0.05, 0.1) is 13.2 Å². The summed E-state index contributed by atoms with van der Waals surface area (Å²) in [6.45, 7) is 18.7. The van der Waals surface area contributed by atoms with E-state index in [1.165, 1.54) is 0 Å². The lowest BCUT2D eigenvalue weighted by Gasteiger charge is -2.42. The number of allylic oxidation sites excluding steroid dienone is 2. The Hall–Kier alpha value is -0.453. The molecule has 1 aliphatic carbocycles. The van der Waals surface area contributed by atoms with E-state index in [0.29, 0.717) is 6.61 Å². The Morgan fingerprint density at radius 1 is 1.36 bits per heavy atom. The summed E-state index contributed by atoms with van der Waals surface area (Å²) in [4.78, 5) is 12.5. The van der Waals surface area contributed by atoms with Crippen LogP contribution in [0.4, 0.5) is 0 Å². The Bertz CT molecular complexity index is 493. The molecule has 1 saturated heterocycles. The molecule has 1 aliphatic heterocycles. The van der Waals surface area contributed by atoms with Crippen molar-refractivity contribution in [3.8, 4) is 0 Å². The largest absolute Gasteiger partial charge is 0.414 e. The Morgan fingerprint density at radius 3 is 2.36 bits per heavy atom. The maximum absolute atomic E-state index is 12.5. The number of Topliss-reactive ketones (excluding diaryl/α,β-unsaturated/α-hetero) is 1. The van der Waals surface area contributed by atoms with Gasteiger partial charge in [-0.05, 0) is 37.0 Å². The van der Waals surface area contributed by atoms with E-state index < -0.39 is 8.32 Å². The molecular formula is C18H32O3Si. The van der Waals surface area contributed by atoms with E-state index in [1.807, 2.05) is 6.92 Å². The highest BCUT2D eigenvalue weighted by molar-refractivity contribution is 6.74. The Kier molecular flexibility index (Phi) is 4.30. The third-order valence-electron chi connectivity index (χ3n) is 6.11. The molecule has 2 aliphatic rings. The Labute approximate surface area is 136 Å². The van der Waals surface area contributed by atoms with Gasteiger partial charge in [-0.1, -0.05) is 40.7 Å². The summed E-state index contributed by atoms with van der Waals surface area (Å²) in [5.41, 5.74) is 0.264. The molecule has 0 aromatic rings. The third-order valence-corrected chi connectivity index (χ3v) is 10.6. The van der Waals surface area contributed by atoms with Crippen LogP contribution < -0.4 is 0 Å². The number of rotatable bonds is 4. The van der Waals surface area contributed by atoms with Crippen molar-refractivity contribution in [2.24, 2.45) is 11.3 Å². The van der Waals surface area contributed by atoms with Crippen LogP contribution in [0.2, 0.25) is 18.1 Å². The number of carbonyl (C=O) groups is 1. The van der Waals surface area contributed by atoms with Crippen molar-refractivity contribution >= 4 is 14.1 Å². The second-order valence-electron chi connectivity index (χ2n) is 9.13. The van der Waals surface area contributed by atoms with Crippen molar-refractivity contribution in [1.29, 1.82) is 0 Å².